The number of hydrogen-bond acceptors (Lipinski definition) is 3. The van der Waals surface area contributed by atoms with Crippen molar-refractivity contribution in [1.29, 1.82) is 0 Å². The molecule has 1 aromatic heterocycles. The van der Waals surface area contributed by atoms with Crippen LogP contribution in [0.25, 0.3) is 0 Å². The smallest absolute Gasteiger partial charge is 0.0966 e. The molecular weight excluding hydrogens is 320 g/mol. The van der Waals surface area contributed by atoms with Gasteiger partial charge in [-0.1, -0.05) is 15.9 Å². The van der Waals surface area contributed by atoms with Gasteiger partial charge in [0.15, 0.2) is 0 Å². The first kappa shape index (κ1) is 14.4. The van der Waals surface area contributed by atoms with Gasteiger partial charge < -0.3 is 5.32 Å². The predicted octanol–water partition coefficient (Wildman–Crippen LogP) is 4.67. The molecule has 2 nitrogen and oxygen atoms in total. The lowest BCUT2D eigenvalue weighted by atomic mass is 10.3. The normalized spacial score (nSPS) is 10.5. The van der Waals surface area contributed by atoms with Crippen LogP contribution in [0.3, 0.4) is 0 Å². The maximum absolute atomic E-state index is 4.52. The van der Waals surface area contributed by atoms with E-state index in [4.69, 9.17) is 0 Å². The molecule has 0 aliphatic rings. The lowest BCUT2D eigenvalue weighted by Crippen LogP contribution is -2.04. The van der Waals surface area contributed by atoms with Crippen LogP contribution >= 0.6 is 27.7 Å². The van der Waals surface area contributed by atoms with Gasteiger partial charge in [0.2, 0.25) is 0 Å². The van der Waals surface area contributed by atoms with Crippen molar-refractivity contribution in [2.45, 2.75) is 18.9 Å². The van der Waals surface area contributed by atoms with Crippen LogP contribution in [0.4, 0.5) is 5.69 Å². The van der Waals surface area contributed by atoms with E-state index in [9.17, 15) is 0 Å². The Morgan fingerprint density at radius 1 is 1.16 bits per heavy atom. The predicted molar refractivity (Wildman–Crippen MR) is 87.1 cm³/mol. The number of benzene rings is 1. The highest BCUT2D eigenvalue weighted by atomic mass is 79.9. The van der Waals surface area contributed by atoms with Crippen LogP contribution in [0.2, 0.25) is 0 Å². The van der Waals surface area contributed by atoms with Gasteiger partial charge in [0, 0.05) is 28.2 Å². The van der Waals surface area contributed by atoms with E-state index < -0.39 is 0 Å². The van der Waals surface area contributed by atoms with E-state index >= 15 is 0 Å². The van der Waals surface area contributed by atoms with Gasteiger partial charge in [0.05, 0.1) is 5.03 Å². The molecule has 2 aromatic rings. The maximum Gasteiger partial charge on any atom is 0.0966 e. The molecule has 1 aromatic carbocycles. The van der Waals surface area contributed by atoms with Gasteiger partial charge in [-0.3, -0.25) is 0 Å². The SMILES string of the molecule is Cc1cc(C)nc(SCCNc2ccc(Br)cc2)c1. The molecule has 1 N–H and O–H groups in total. The van der Waals surface area contributed by atoms with Crippen molar-refractivity contribution in [1.82, 2.24) is 4.98 Å². The Kier molecular flexibility index (Phi) is 5.28. The molecule has 0 fully saturated rings. The Hall–Kier alpha value is -1.00. The first-order chi connectivity index (χ1) is 9.13. The van der Waals surface area contributed by atoms with Crippen LogP contribution in [0.15, 0.2) is 45.9 Å². The fraction of sp³-hybridized carbons (Fsp3) is 0.267. The van der Waals surface area contributed by atoms with Gasteiger partial charge in [-0.25, -0.2) is 4.98 Å². The molecule has 0 radical (unpaired) electrons. The summed E-state index contributed by atoms with van der Waals surface area (Å²) >= 11 is 5.22. The summed E-state index contributed by atoms with van der Waals surface area (Å²) in [6.45, 7) is 5.08. The summed E-state index contributed by atoms with van der Waals surface area (Å²) < 4.78 is 1.10. The van der Waals surface area contributed by atoms with Crippen molar-refractivity contribution in [2.24, 2.45) is 0 Å². The Balaban J connectivity index is 1.79. The topological polar surface area (TPSA) is 24.9 Å². The monoisotopic (exact) mass is 336 g/mol. The van der Waals surface area contributed by atoms with E-state index in [1.54, 1.807) is 11.8 Å². The summed E-state index contributed by atoms with van der Waals surface area (Å²) in [6, 6.07) is 12.5. The lowest BCUT2D eigenvalue weighted by molar-refractivity contribution is 1.04. The van der Waals surface area contributed by atoms with Crippen LogP contribution in [0.5, 0.6) is 0 Å². The third-order valence-electron chi connectivity index (χ3n) is 2.60. The maximum atomic E-state index is 4.52. The van der Waals surface area contributed by atoms with Crippen LogP contribution in [0, 0.1) is 13.8 Å². The second-order valence-electron chi connectivity index (χ2n) is 4.41. The van der Waals surface area contributed by atoms with E-state index in [-0.39, 0.29) is 0 Å². The fourth-order valence-corrected chi connectivity index (χ4v) is 2.95. The highest BCUT2D eigenvalue weighted by Crippen LogP contribution is 2.18. The van der Waals surface area contributed by atoms with E-state index in [1.807, 2.05) is 19.1 Å². The number of aromatic nitrogens is 1. The molecule has 0 saturated carbocycles. The van der Waals surface area contributed by atoms with Crippen LogP contribution < -0.4 is 5.32 Å². The number of thioether (sulfide) groups is 1. The Morgan fingerprint density at radius 3 is 2.58 bits per heavy atom. The summed E-state index contributed by atoms with van der Waals surface area (Å²) in [7, 11) is 0. The van der Waals surface area contributed by atoms with Gasteiger partial charge in [-0.05, 0) is 55.8 Å². The number of aryl methyl sites for hydroxylation is 2. The van der Waals surface area contributed by atoms with Crippen molar-refractivity contribution >= 4 is 33.4 Å². The lowest BCUT2D eigenvalue weighted by Gasteiger charge is -2.07. The second kappa shape index (κ2) is 6.96. The van der Waals surface area contributed by atoms with Crippen molar-refractivity contribution in [3.63, 3.8) is 0 Å². The highest BCUT2D eigenvalue weighted by molar-refractivity contribution is 9.10. The second-order valence-corrected chi connectivity index (χ2v) is 6.44. The van der Waals surface area contributed by atoms with Crippen LogP contribution in [0.1, 0.15) is 11.3 Å². The molecule has 0 amide bonds. The number of nitrogens with zero attached hydrogens (tertiary/aromatic N) is 1. The van der Waals surface area contributed by atoms with Crippen molar-refractivity contribution in [3.8, 4) is 0 Å². The van der Waals surface area contributed by atoms with Gasteiger partial charge in [-0.2, -0.15) is 0 Å². The van der Waals surface area contributed by atoms with Gasteiger partial charge in [0.1, 0.15) is 0 Å². The minimum Gasteiger partial charge on any atom is -0.384 e. The molecular formula is C15H17BrN2S. The van der Waals surface area contributed by atoms with Crippen LogP contribution in [-0.4, -0.2) is 17.3 Å². The molecule has 0 spiro atoms. The Bertz CT molecular complexity index is 520. The average Bonchev–Trinajstić information content (AvgIpc) is 2.36. The molecule has 19 heavy (non-hydrogen) atoms. The summed E-state index contributed by atoms with van der Waals surface area (Å²) in [6.07, 6.45) is 0. The van der Waals surface area contributed by atoms with Crippen molar-refractivity contribution in [3.05, 3.63) is 52.1 Å². The first-order valence-electron chi connectivity index (χ1n) is 6.21. The zero-order valence-electron chi connectivity index (χ0n) is 11.1. The van der Waals surface area contributed by atoms with E-state index in [1.165, 1.54) is 5.56 Å². The summed E-state index contributed by atoms with van der Waals surface area (Å²) in [5.74, 6) is 1.01. The zero-order chi connectivity index (χ0) is 13.7. The average molecular weight is 337 g/mol. The standard InChI is InChI=1S/C15H17BrN2S/c1-11-9-12(2)18-15(10-11)19-8-7-17-14-5-3-13(16)4-6-14/h3-6,9-10,17H,7-8H2,1-2H3. The molecule has 0 saturated heterocycles. The summed E-state index contributed by atoms with van der Waals surface area (Å²) in [5, 5.41) is 4.51. The summed E-state index contributed by atoms with van der Waals surface area (Å²) in [5.41, 5.74) is 3.51. The third kappa shape index (κ3) is 4.88. The van der Waals surface area contributed by atoms with Gasteiger partial charge in [0.25, 0.3) is 0 Å². The van der Waals surface area contributed by atoms with Gasteiger partial charge in [-0.15, -0.1) is 11.8 Å². The number of halogens is 1. The largest absolute Gasteiger partial charge is 0.384 e. The molecule has 0 bridgehead atoms. The number of nitrogens with one attached hydrogen (secondary N) is 1. The molecule has 0 atom stereocenters. The number of anilines is 1. The first-order valence-corrected chi connectivity index (χ1v) is 7.99. The molecule has 0 aliphatic carbocycles. The Morgan fingerprint density at radius 2 is 1.89 bits per heavy atom. The Labute approximate surface area is 127 Å². The fourth-order valence-electron chi connectivity index (χ4n) is 1.80. The zero-order valence-corrected chi connectivity index (χ0v) is 13.5. The van der Waals surface area contributed by atoms with E-state index in [0.29, 0.717) is 0 Å². The van der Waals surface area contributed by atoms with Gasteiger partial charge >= 0.3 is 0 Å². The minimum atomic E-state index is 0.932. The molecule has 2 rings (SSSR count). The number of rotatable bonds is 5. The molecule has 1 heterocycles. The molecule has 0 unspecified atom stereocenters. The van der Waals surface area contributed by atoms with Crippen molar-refractivity contribution < 1.29 is 0 Å². The molecule has 4 heteroatoms. The van der Waals surface area contributed by atoms with Crippen molar-refractivity contribution in [2.75, 3.05) is 17.6 Å². The third-order valence-corrected chi connectivity index (χ3v) is 4.04. The van der Waals surface area contributed by atoms with Crippen LogP contribution in [-0.2, 0) is 0 Å². The number of pyridine rings is 1. The highest BCUT2D eigenvalue weighted by Gasteiger charge is 1.99. The number of hydrogen-bond donors (Lipinski definition) is 1. The quantitative estimate of drug-likeness (QED) is 0.634. The van der Waals surface area contributed by atoms with E-state index in [0.717, 1.165) is 33.2 Å². The molecule has 100 valence electrons. The minimum absolute atomic E-state index is 0.932. The summed E-state index contributed by atoms with van der Waals surface area (Å²) in [4.78, 5) is 4.52. The van der Waals surface area contributed by atoms with E-state index in [2.05, 4.69) is 57.4 Å². The molecule has 0 aliphatic heterocycles.